The minimum absolute atomic E-state index is 0.0267. The quantitative estimate of drug-likeness (QED) is 0.458. The number of amides is 2. The molecule has 0 aromatic carbocycles. The summed E-state index contributed by atoms with van der Waals surface area (Å²) < 4.78 is 0. The molecule has 0 unspecified atom stereocenters. The van der Waals surface area contributed by atoms with Gasteiger partial charge in [-0.25, -0.2) is 0 Å². The second-order valence-corrected chi connectivity index (χ2v) is 5.53. The third kappa shape index (κ3) is 0.944. The van der Waals surface area contributed by atoms with Crippen LogP contribution in [-0.2, 0) is 9.59 Å². The van der Waals surface area contributed by atoms with Crippen molar-refractivity contribution in [3.05, 3.63) is 11.1 Å². The van der Waals surface area contributed by atoms with Crippen molar-refractivity contribution in [1.29, 1.82) is 0 Å². The second-order valence-electron chi connectivity index (χ2n) is 5.53. The molecule has 3 heteroatoms. The van der Waals surface area contributed by atoms with Crippen molar-refractivity contribution in [3.63, 3.8) is 0 Å². The Bertz CT molecular complexity index is 388. The molecule has 86 valence electrons. The van der Waals surface area contributed by atoms with E-state index in [2.05, 4.69) is 13.8 Å². The average Bonchev–Trinajstić information content (AvgIpc) is 2.85. The molecule has 0 N–H and O–H groups in total. The third-order valence-corrected chi connectivity index (χ3v) is 4.65. The van der Waals surface area contributed by atoms with E-state index in [0.29, 0.717) is 11.8 Å². The Balaban J connectivity index is 2.10. The van der Waals surface area contributed by atoms with Crippen LogP contribution >= 0.6 is 0 Å². The van der Waals surface area contributed by atoms with E-state index in [0.717, 1.165) is 12.8 Å². The lowest BCUT2D eigenvalue weighted by Gasteiger charge is -2.18. The summed E-state index contributed by atoms with van der Waals surface area (Å²) in [6.45, 7) is 4.22. The third-order valence-electron chi connectivity index (χ3n) is 4.65. The van der Waals surface area contributed by atoms with Gasteiger partial charge in [0.1, 0.15) is 0 Å². The number of nitrogens with zero attached hydrogens (tertiary/aromatic N) is 1. The van der Waals surface area contributed by atoms with Gasteiger partial charge in [0, 0.05) is 7.05 Å². The van der Waals surface area contributed by atoms with Crippen molar-refractivity contribution in [2.45, 2.75) is 26.7 Å². The highest BCUT2D eigenvalue weighted by Crippen LogP contribution is 2.59. The number of carbonyl (C=O) groups is 2. The fourth-order valence-corrected chi connectivity index (χ4v) is 4.14. The molecule has 16 heavy (non-hydrogen) atoms. The van der Waals surface area contributed by atoms with Gasteiger partial charge in [-0.1, -0.05) is 11.1 Å². The SMILES string of the molecule is CC(C)=C1[C@H]2CC[C@@H]1[C@@H]1C(=O)N(C)C(=O)[C@@H]12. The van der Waals surface area contributed by atoms with Crippen LogP contribution in [-0.4, -0.2) is 23.8 Å². The number of hydrogen-bond acceptors (Lipinski definition) is 2. The lowest BCUT2D eigenvalue weighted by Crippen LogP contribution is -2.28. The number of hydrogen-bond donors (Lipinski definition) is 0. The number of fused-ring (bicyclic) bond motifs is 5. The molecule has 0 radical (unpaired) electrons. The first-order valence-electron chi connectivity index (χ1n) is 6.02. The van der Waals surface area contributed by atoms with E-state index in [1.165, 1.54) is 16.0 Å². The molecule has 2 bridgehead atoms. The summed E-state index contributed by atoms with van der Waals surface area (Å²) in [6.07, 6.45) is 2.19. The highest BCUT2D eigenvalue weighted by Gasteiger charge is 2.62. The van der Waals surface area contributed by atoms with Crippen molar-refractivity contribution >= 4 is 11.8 Å². The molecule has 0 aromatic heterocycles. The fourth-order valence-electron chi connectivity index (χ4n) is 4.14. The van der Waals surface area contributed by atoms with Gasteiger partial charge in [-0.15, -0.1) is 0 Å². The Hall–Kier alpha value is -1.12. The number of rotatable bonds is 0. The highest BCUT2D eigenvalue weighted by atomic mass is 16.2. The maximum absolute atomic E-state index is 12.0. The van der Waals surface area contributed by atoms with E-state index in [1.54, 1.807) is 7.05 Å². The smallest absolute Gasteiger partial charge is 0.233 e. The summed E-state index contributed by atoms with van der Waals surface area (Å²) in [6, 6.07) is 0. The molecule has 1 saturated heterocycles. The van der Waals surface area contributed by atoms with Gasteiger partial charge < -0.3 is 0 Å². The molecule has 3 aliphatic rings. The molecule has 2 saturated carbocycles. The molecule has 2 aliphatic carbocycles. The number of allylic oxidation sites excluding steroid dienone is 2. The summed E-state index contributed by atoms with van der Waals surface area (Å²) in [5.41, 5.74) is 2.75. The molecular weight excluding hydrogens is 202 g/mol. The molecule has 3 nitrogen and oxygen atoms in total. The average molecular weight is 219 g/mol. The monoisotopic (exact) mass is 219 g/mol. The predicted octanol–water partition coefficient (Wildman–Crippen LogP) is 1.59. The van der Waals surface area contributed by atoms with Crippen molar-refractivity contribution in [3.8, 4) is 0 Å². The van der Waals surface area contributed by atoms with Gasteiger partial charge in [-0.2, -0.15) is 0 Å². The molecule has 3 rings (SSSR count). The maximum atomic E-state index is 12.0. The summed E-state index contributed by atoms with van der Waals surface area (Å²) in [4.78, 5) is 25.4. The summed E-state index contributed by atoms with van der Waals surface area (Å²) in [5.74, 6) is 0.784. The van der Waals surface area contributed by atoms with Gasteiger partial charge in [0.25, 0.3) is 0 Å². The minimum Gasteiger partial charge on any atom is -0.285 e. The fraction of sp³-hybridized carbons (Fsp3) is 0.692. The van der Waals surface area contributed by atoms with Gasteiger partial charge in [-0.05, 0) is 38.5 Å². The molecular formula is C13H17NO2. The molecule has 1 aliphatic heterocycles. The minimum atomic E-state index is -0.0267. The molecule has 1 heterocycles. The van der Waals surface area contributed by atoms with Gasteiger partial charge >= 0.3 is 0 Å². The lowest BCUT2D eigenvalue weighted by atomic mass is 9.81. The Morgan fingerprint density at radius 2 is 1.50 bits per heavy atom. The lowest BCUT2D eigenvalue weighted by molar-refractivity contribution is -0.138. The first-order chi connectivity index (χ1) is 7.54. The first-order valence-corrected chi connectivity index (χ1v) is 6.02. The van der Waals surface area contributed by atoms with E-state index in [9.17, 15) is 9.59 Å². The molecule has 4 atom stereocenters. The molecule has 0 spiro atoms. The first kappa shape index (κ1) is 10.1. The van der Waals surface area contributed by atoms with Gasteiger partial charge in [0.2, 0.25) is 11.8 Å². The van der Waals surface area contributed by atoms with Crippen LogP contribution in [0.2, 0.25) is 0 Å². The van der Waals surface area contributed by atoms with Crippen molar-refractivity contribution < 1.29 is 9.59 Å². The molecule has 2 amide bonds. The standard InChI is InChI=1S/C13H17NO2/c1-6(2)9-7-4-5-8(9)11-10(7)12(15)14(3)13(11)16/h7-8,10-11H,4-5H2,1-3H3/t7-,8+,10-,11+. The van der Waals surface area contributed by atoms with Crippen LogP contribution < -0.4 is 0 Å². The van der Waals surface area contributed by atoms with E-state index >= 15 is 0 Å². The topological polar surface area (TPSA) is 37.4 Å². The van der Waals surface area contributed by atoms with Crippen LogP contribution in [0.1, 0.15) is 26.7 Å². The second kappa shape index (κ2) is 2.96. The summed E-state index contributed by atoms with van der Waals surface area (Å²) in [7, 11) is 1.63. The number of likely N-dealkylation sites (tertiary alicyclic amines) is 1. The zero-order valence-corrected chi connectivity index (χ0v) is 9.99. The normalized spacial score (nSPS) is 40.9. The Morgan fingerprint density at radius 1 is 1.06 bits per heavy atom. The van der Waals surface area contributed by atoms with Crippen LogP contribution in [0.5, 0.6) is 0 Å². The van der Waals surface area contributed by atoms with E-state index in [-0.39, 0.29) is 23.7 Å². The largest absolute Gasteiger partial charge is 0.285 e. The summed E-state index contributed by atoms with van der Waals surface area (Å²) in [5, 5.41) is 0. The number of carbonyl (C=O) groups excluding carboxylic acids is 2. The van der Waals surface area contributed by atoms with Crippen molar-refractivity contribution in [2.24, 2.45) is 23.7 Å². The van der Waals surface area contributed by atoms with Crippen LogP contribution in [0, 0.1) is 23.7 Å². The Kier molecular flexibility index (Phi) is 1.86. The van der Waals surface area contributed by atoms with Gasteiger partial charge in [-0.3, -0.25) is 14.5 Å². The zero-order valence-electron chi connectivity index (χ0n) is 9.99. The van der Waals surface area contributed by atoms with Crippen molar-refractivity contribution in [1.82, 2.24) is 4.90 Å². The van der Waals surface area contributed by atoms with Gasteiger partial charge in [0.15, 0.2) is 0 Å². The number of imide groups is 1. The highest BCUT2D eigenvalue weighted by molar-refractivity contribution is 6.06. The van der Waals surface area contributed by atoms with Crippen molar-refractivity contribution in [2.75, 3.05) is 7.05 Å². The van der Waals surface area contributed by atoms with Crippen LogP contribution in [0.4, 0.5) is 0 Å². The predicted molar refractivity (Wildman–Crippen MR) is 59.3 cm³/mol. The van der Waals surface area contributed by atoms with Gasteiger partial charge in [0.05, 0.1) is 11.8 Å². The molecule has 3 fully saturated rings. The van der Waals surface area contributed by atoms with E-state index < -0.39 is 0 Å². The van der Waals surface area contributed by atoms with E-state index in [4.69, 9.17) is 0 Å². The molecule has 0 aromatic rings. The maximum Gasteiger partial charge on any atom is 0.233 e. The van der Waals surface area contributed by atoms with E-state index in [1.807, 2.05) is 0 Å². The Morgan fingerprint density at radius 3 is 1.88 bits per heavy atom. The van der Waals surface area contributed by atoms with Crippen LogP contribution in [0.25, 0.3) is 0 Å². The summed E-state index contributed by atoms with van der Waals surface area (Å²) >= 11 is 0. The zero-order chi connectivity index (χ0) is 11.6. The van der Waals surface area contributed by atoms with Crippen LogP contribution in [0.15, 0.2) is 11.1 Å². The van der Waals surface area contributed by atoms with Crippen LogP contribution in [0.3, 0.4) is 0 Å². The Labute approximate surface area is 95.5 Å².